The molecule has 1 aromatic carbocycles. The first-order valence-corrected chi connectivity index (χ1v) is 6.16. The van der Waals surface area contributed by atoms with Crippen LogP contribution in [0.25, 0.3) is 0 Å². The summed E-state index contributed by atoms with van der Waals surface area (Å²) in [5.41, 5.74) is 0.0775. The SMILES string of the molecule is CS(=O)(=O)NCC(O)c1ccccc1F. The molecule has 0 aliphatic heterocycles. The zero-order valence-corrected chi connectivity index (χ0v) is 8.96. The second-order valence-corrected chi connectivity index (χ2v) is 4.99. The maximum Gasteiger partial charge on any atom is 0.208 e. The Morgan fingerprint density at radius 3 is 2.60 bits per heavy atom. The van der Waals surface area contributed by atoms with Crippen molar-refractivity contribution in [1.29, 1.82) is 0 Å². The molecule has 1 aromatic rings. The van der Waals surface area contributed by atoms with E-state index < -0.39 is 21.9 Å². The Kier molecular flexibility index (Phi) is 3.78. The molecule has 0 aliphatic carbocycles. The summed E-state index contributed by atoms with van der Waals surface area (Å²) in [5.74, 6) is -0.555. The Labute approximate surface area is 87.8 Å². The van der Waals surface area contributed by atoms with E-state index in [0.29, 0.717) is 0 Å². The molecule has 6 heteroatoms. The van der Waals surface area contributed by atoms with Crippen molar-refractivity contribution in [2.24, 2.45) is 0 Å². The van der Waals surface area contributed by atoms with Crippen molar-refractivity contribution >= 4 is 10.0 Å². The lowest BCUT2D eigenvalue weighted by Gasteiger charge is -2.11. The van der Waals surface area contributed by atoms with Gasteiger partial charge in [-0.3, -0.25) is 0 Å². The van der Waals surface area contributed by atoms with Crippen LogP contribution in [0.5, 0.6) is 0 Å². The van der Waals surface area contributed by atoms with Gasteiger partial charge < -0.3 is 5.11 Å². The normalized spacial score (nSPS) is 13.8. The highest BCUT2D eigenvalue weighted by Crippen LogP contribution is 2.15. The minimum atomic E-state index is -3.37. The highest BCUT2D eigenvalue weighted by atomic mass is 32.2. The molecule has 1 unspecified atom stereocenters. The minimum absolute atomic E-state index is 0.0775. The molecule has 0 spiro atoms. The summed E-state index contributed by atoms with van der Waals surface area (Å²) < 4.78 is 36.7. The van der Waals surface area contributed by atoms with Crippen LogP contribution in [-0.2, 0) is 10.0 Å². The van der Waals surface area contributed by atoms with E-state index in [1.807, 2.05) is 0 Å². The van der Waals surface area contributed by atoms with E-state index in [4.69, 9.17) is 0 Å². The molecule has 84 valence electrons. The van der Waals surface area contributed by atoms with Gasteiger partial charge in [-0.05, 0) is 6.07 Å². The van der Waals surface area contributed by atoms with Gasteiger partial charge in [0, 0.05) is 12.1 Å². The molecule has 0 fully saturated rings. The lowest BCUT2D eigenvalue weighted by atomic mass is 10.1. The molecule has 0 bridgehead atoms. The summed E-state index contributed by atoms with van der Waals surface area (Å²) in [6, 6.07) is 5.68. The summed E-state index contributed by atoms with van der Waals surface area (Å²) in [6.45, 7) is -0.236. The van der Waals surface area contributed by atoms with Gasteiger partial charge in [0.2, 0.25) is 10.0 Å². The van der Waals surface area contributed by atoms with Crippen LogP contribution in [0.3, 0.4) is 0 Å². The highest BCUT2D eigenvalue weighted by Gasteiger charge is 2.13. The number of benzene rings is 1. The second-order valence-electron chi connectivity index (χ2n) is 3.16. The standard InChI is InChI=1S/C9H12FNO3S/c1-15(13,14)11-6-9(12)7-4-2-3-5-8(7)10/h2-5,9,11-12H,6H2,1H3. The molecule has 0 aliphatic rings. The van der Waals surface area contributed by atoms with E-state index in [2.05, 4.69) is 4.72 Å². The zero-order valence-electron chi connectivity index (χ0n) is 8.14. The van der Waals surface area contributed by atoms with Gasteiger partial charge in [0.1, 0.15) is 5.82 Å². The Hall–Kier alpha value is -0.980. The molecule has 1 rings (SSSR count). The molecule has 0 saturated carbocycles. The Morgan fingerprint density at radius 2 is 2.07 bits per heavy atom. The van der Waals surface area contributed by atoms with E-state index in [1.54, 1.807) is 6.07 Å². The van der Waals surface area contributed by atoms with Gasteiger partial charge in [-0.1, -0.05) is 18.2 Å². The van der Waals surface area contributed by atoms with Crippen LogP contribution in [0.4, 0.5) is 4.39 Å². The average molecular weight is 233 g/mol. The minimum Gasteiger partial charge on any atom is -0.387 e. The third-order valence-electron chi connectivity index (χ3n) is 1.80. The van der Waals surface area contributed by atoms with Crippen LogP contribution in [0.2, 0.25) is 0 Å². The smallest absolute Gasteiger partial charge is 0.208 e. The molecular weight excluding hydrogens is 221 g/mol. The van der Waals surface area contributed by atoms with E-state index in [0.717, 1.165) is 6.26 Å². The number of sulfonamides is 1. The van der Waals surface area contributed by atoms with Crippen molar-refractivity contribution in [3.05, 3.63) is 35.6 Å². The fourth-order valence-corrected chi connectivity index (χ4v) is 1.55. The number of nitrogens with one attached hydrogen (secondary N) is 1. The number of rotatable bonds is 4. The zero-order chi connectivity index (χ0) is 11.5. The van der Waals surface area contributed by atoms with E-state index in [1.165, 1.54) is 18.2 Å². The fourth-order valence-electron chi connectivity index (χ4n) is 1.09. The van der Waals surface area contributed by atoms with Crippen LogP contribution in [0.15, 0.2) is 24.3 Å². The molecule has 4 nitrogen and oxygen atoms in total. The molecular formula is C9H12FNO3S. The molecule has 0 saturated heterocycles. The molecule has 1 atom stereocenters. The topological polar surface area (TPSA) is 66.4 Å². The summed E-state index contributed by atoms with van der Waals surface area (Å²) in [6.07, 6.45) is -0.206. The van der Waals surface area contributed by atoms with Gasteiger partial charge in [-0.15, -0.1) is 0 Å². The molecule has 15 heavy (non-hydrogen) atoms. The van der Waals surface area contributed by atoms with Crippen LogP contribution in [0, 0.1) is 5.82 Å². The molecule has 0 radical (unpaired) electrons. The van der Waals surface area contributed by atoms with E-state index >= 15 is 0 Å². The van der Waals surface area contributed by atoms with Crippen molar-refractivity contribution in [3.63, 3.8) is 0 Å². The average Bonchev–Trinajstić information content (AvgIpc) is 2.14. The summed E-state index contributed by atoms with van der Waals surface area (Å²) in [4.78, 5) is 0. The van der Waals surface area contributed by atoms with Crippen LogP contribution in [0.1, 0.15) is 11.7 Å². The summed E-state index contributed by atoms with van der Waals surface area (Å²) >= 11 is 0. The monoisotopic (exact) mass is 233 g/mol. The van der Waals surface area contributed by atoms with Crippen LogP contribution in [-0.4, -0.2) is 26.3 Å². The van der Waals surface area contributed by atoms with E-state index in [9.17, 15) is 17.9 Å². The van der Waals surface area contributed by atoms with E-state index in [-0.39, 0.29) is 12.1 Å². The number of halogens is 1. The number of hydrogen-bond donors (Lipinski definition) is 2. The molecule has 2 N–H and O–H groups in total. The predicted molar refractivity (Wildman–Crippen MR) is 54.2 cm³/mol. The molecule has 0 aromatic heterocycles. The predicted octanol–water partition coefficient (Wildman–Crippen LogP) is 0.408. The first kappa shape index (κ1) is 12.1. The largest absolute Gasteiger partial charge is 0.387 e. The van der Waals surface area contributed by atoms with Crippen LogP contribution < -0.4 is 4.72 Å². The highest BCUT2D eigenvalue weighted by molar-refractivity contribution is 7.88. The third-order valence-corrected chi connectivity index (χ3v) is 2.49. The first-order chi connectivity index (χ1) is 6.90. The summed E-state index contributed by atoms with van der Waals surface area (Å²) in [5, 5.41) is 9.50. The fraction of sp³-hybridized carbons (Fsp3) is 0.333. The lowest BCUT2D eigenvalue weighted by Crippen LogP contribution is -2.27. The van der Waals surface area contributed by atoms with Crippen molar-refractivity contribution in [2.75, 3.05) is 12.8 Å². The van der Waals surface area contributed by atoms with Gasteiger partial charge in [0.15, 0.2) is 0 Å². The van der Waals surface area contributed by atoms with Crippen molar-refractivity contribution < 1.29 is 17.9 Å². The Bertz CT molecular complexity index is 433. The van der Waals surface area contributed by atoms with Crippen molar-refractivity contribution in [2.45, 2.75) is 6.10 Å². The number of hydrogen-bond acceptors (Lipinski definition) is 3. The van der Waals surface area contributed by atoms with Gasteiger partial charge >= 0.3 is 0 Å². The van der Waals surface area contributed by atoms with Gasteiger partial charge in [0.25, 0.3) is 0 Å². The number of aliphatic hydroxyl groups excluding tert-OH is 1. The maximum atomic E-state index is 13.1. The van der Waals surface area contributed by atoms with Gasteiger partial charge in [-0.2, -0.15) is 0 Å². The first-order valence-electron chi connectivity index (χ1n) is 4.27. The summed E-state index contributed by atoms with van der Waals surface area (Å²) in [7, 11) is -3.37. The second kappa shape index (κ2) is 4.69. The molecule has 0 heterocycles. The van der Waals surface area contributed by atoms with Gasteiger partial charge in [0.05, 0.1) is 12.4 Å². The van der Waals surface area contributed by atoms with Crippen molar-refractivity contribution in [1.82, 2.24) is 4.72 Å². The van der Waals surface area contributed by atoms with Gasteiger partial charge in [-0.25, -0.2) is 17.5 Å². The third kappa shape index (κ3) is 3.94. The maximum absolute atomic E-state index is 13.1. The Balaban J connectivity index is 2.70. The quantitative estimate of drug-likeness (QED) is 0.791. The van der Waals surface area contributed by atoms with Crippen molar-refractivity contribution in [3.8, 4) is 0 Å². The van der Waals surface area contributed by atoms with Crippen LogP contribution >= 0.6 is 0 Å². The number of aliphatic hydroxyl groups is 1. The molecule has 0 amide bonds. The lowest BCUT2D eigenvalue weighted by molar-refractivity contribution is 0.177. The Morgan fingerprint density at radius 1 is 1.47 bits per heavy atom.